The number of rotatable bonds is 7. The topological polar surface area (TPSA) is 106 Å². The van der Waals surface area contributed by atoms with E-state index in [1.165, 1.54) is 0 Å². The maximum Gasteiger partial charge on any atom is 0.257 e. The molecule has 1 heterocycles. The third kappa shape index (κ3) is 5.45. The summed E-state index contributed by atoms with van der Waals surface area (Å²) < 4.78 is 5.06. The van der Waals surface area contributed by atoms with Gasteiger partial charge in [-0.1, -0.05) is 41.7 Å². The fourth-order valence-corrected chi connectivity index (χ4v) is 2.92. The van der Waals surface area contributed by atoms with E-state index in [0.717, 1.165) is 16.9 Å². The first-order chi connectivity index (χ1) is 13.6. The van der Waals surface area contributed by atoms with Crippen LogP contribution in [0.1, 0.15) is 20.9 Å². The number of methoxy groups -OCH3 is 1. The molecule has 2 aromatic carbocycles. The van der Waals surface area contributed by atoms with Crippen LogP contribution in [0.15, 0.2) is 59.7 Å². The van der Waals surface area contributed by atoms with Crippen molar-refractivity contribution < 1.29 is 14.3 Å². The molecule has 0 saturated carbocycles. The highest BCUT2D eigenvalue weighted by atomic mass is 32.1. The van der Waals surface area contributed by atoms with Crippen LogP contribution in [0.25, 0.3) is 0 Å². The minimum atomic E-state index is -0.323. The number of carbonyl (C=O) groups excluding carboxylic acids is 2. The summed E-state index contributed by atoms with van der Waals surface area (Å²) in [6.07, 6.45) is 1.57. The number of amides is 2. The van der Waals surface area contributed by atoms with Crippen molar-refractivity contribution in [3.05, 3.63) is 70.7 Å². The molecule has 0 spiro atoms. The summed E-state index contributed by atoms with van der Waals surface area (Å²) in [5, 5.41) is 15.1. The van der Waals surface area contributed by atoms with Crippen molar-refractivity contribution in [1.29, 1.82) is 0 Å². The van der Waals surface area contributed by atoms with Crippen molar-refractivity contribution in [2.75, 3.05) is 12.4 Å². The number of benzene rings is 2. The number of anilines is 1. The number of carbonyl (C=O) groups is 2. The molecule has 2 amide bonds. The fraction of sp³-hybridized carbons (Fsp3) is 0.105. The maximum absolute atomic E-state index is 12.2. The Balaban J connectivity index is 1.51. The maximum atomic E-state index is 12.2. The molecular formula is C19H17N5O3S. The highest BCUT2D eigenvalue weighted by Crippen LogP contribution is 2.18. The highest BCUT2D eigenvalue weighted by molar-refractivity contribution is 7.15. The Kier molecular flexibility index (Phi) is 6.42. The molecule has 8 nitrogen and oxygen atoms in total. The van der Waals surface area contributed by atoms with Gasteiger partial charge in [0, 0.05) is 5.56 Å². The molecule has 0 bridgehead atoms. The summed E-state index contributed by atoms with van der Waals surface area (Å²) in [6.45, 7) is 0. The van der Waals surface area contributed by atoms with Crippen molar-refractivity contribution in [2.24, 2.45) is 5.10 Å². The molecule has 28 heavy (non-hydrogen) atoms. The number of hydrogen-bond donors (Lipinski definition) is 2. The average Bonchev–Trinajstić information content (AvgIpc) is 3.15. The number of aromatic nitrogens is 2. The van der Waals surface area contributed by atoms with E-state index in [1.54, 1.807) is 37.6 Å². The first-order valence-corrected chi connectivity index (χ1v) is 9.10. The summed E-state index contributed by atoms with van der Waals surface area (Å²) in [5.74, 6) is 0.0225. The Bertz CT molecular complexity index is 971. The Labute approximate surface area is 165 Å². The lowest BCUT2D eigenvalue weighted by Gasteiger charge is -2.02. The van der Waals surface area contributed by atoms with Gasteiger partial charge < -0.3 is 4.74 Å². The molecule has 0 aliphatic carbocycles. The van der Waals surface area contributed by atoms with Gasteiger partial charge in [0.15, 0.2) is 0 Å². The van der Waals surface area contributed by atoms with Crippen molar-refractivity contribution in [1.82, 2.24) is 15.6 Å². The SMILES string of the molecule is COc1ccc(C(=O)Nc2nnc(CC(=O)N/N=C/c3ccccc3)s2)cc1. The number of nitrogens with one attached hydrogen (secondary N) is 2. The van der Waals surface area contributed by atoms with Gasteiger partial charge in [0.25, 0.3) is 5.91 Å². The van der Waals surface area contributed by atoms with Crippen LogP contribution in [0.5, 0.6) is 5.75 Å². The summed E-state index contributed by atoms with van der Waals surface area (Å²) in [7, 11) is 1.56. The largest absolute Gasteiger partial charge is 0.497 e. The van der Waals surface area contributed by atoms with Crippen LogP contribution in [0.4, 0.5) is 5.13 Å². The molecule has 0 fully saturated rings. The first-order valence-electron chi connectivity index (χ1n) is 8.29. The lowest BCUT2D eigenvalue weighted by molar-refractivity contribution is -0.120. The predicted octanol–water partition coefficient (Wildman–Crippen LogP) is 2.49. The molecule has 0 radical (unpaired) electrons. The van der Waals surface area contributed by atoms with Gasteiger partial charge in [-0.3, -0.25) is 14.9 Å². The van der Waals surface area contributed by atoms with Gasteiger partial charge in [-0.05, 0) is 29.8 Å². The summed E-state index contributed by atoms with van der Waals surface area (Å²) in [5.41, 5.74) is 3.78. The van der Waals surface area contributed by atoms with Gasteiger partial charge in [0.05, 0.1) is 19.7 Å². The molecule has 3 rings (SSSR count). The van der Waals surface area contributed by atoms with Gasteiger partial charge in [0.1, 0.15) is 10.8 Å². The van der Waals surface area contributed by atoms with Crippen LogP contribution in [0.2, 0.25) is 0 Å². The monoisotopic (exact) mass is 395 g/mol. The molecule has 142 valence electrons. The van der Waals surface area contributed by atoms with Gasteiger partial charge >= 0.3 is 0 Å². The van der Waals surface area contributed by atoms with Crippen LogP contribution < -0.4 is 15.5 Å². The van der Waals surface area contributed by atoms with Crippen molar-refractivity contribution in [3.63, 3.8) is 0 Å². The highest BCUT2D eigenvalue weighted by Gasteiger charge is 2.12. The molecule has 1 aromatic heterocycles. The molecule has 3 aromatic rings. The number of hydrogen-bond acceptors (Lipinski definition) is 7. The number of nitrogens with zero attached hydrogens (tertiary/aromatic N) is 3. The first kappa shape index (κ1) is 19.2. The van der Waals surface area contributed by atoms with E-state index in [1.807, 2.05) is 30.3 Å². The Morgan fingerprint density at radius 2 is 1.86 bits per heavy atom. The fourth-order valence-electron chi connectivity index (χ4n) is 2.18. The zero-order chi connectivity index (χ0) is 19.8. The minimum Gasteiger partial charge on any atom is -0.497 e. The Morgan fingerprint density at radius 1 is 1.11 bits per heavy atom. The van der Waals surface area contributed by atoms with Crippen LogP contribution in [0, 0.1) is 0 Å². The third-order valence-electron chi connectivity index (χ3n) is 3.55. The zero-order valence-corrected chi connectivity index (χ0v) is 15.8. The third-order valence-corrected chi connectivity index (χ3v) is 4.39. The van der Waals surface area contributed by atoms with Crippen molar-refractivity contribution >= 4 is 34.5 Å². The lowest BCUT2D eigenvalue weighted by Crippen LogP contribution is -2.19. The van der Waals surface area contributed by atoms with E-state index in [9.17, 15) is 9.59 Å². The van der Waals surface area contributed by atoms with Crippen LogP contribution in [0.3, 0.4) is 0 Å². The van der Waals surface area contributed by atoms with Gasteiger partial charge in [-0.2, -0.15) is 5.10 Å². The van der Waals surface area contributed by atoms with Gasteiger partial charge in [-0.15, -0.1) is 10.2 Å². The second-order valence-corrected chi connectivity index (χ2v) is 6.63. The lowest BCUT2D eigenvalue weighted by atomic mass is 10.2. The second-order valence-electron chi connectivity index (χ2n) is 5.56. The zero-order valence-electron chi connectivity index (χ0n) is 15.0. The second kappa shape index (κ2) is 9.38. The molecule has 0 aliphatic rings. The molecule has 2 N–H and O–H groups in total. The van der Waals surface area contributed by atoms with Crippen LogP contribution >= 0.6 is 11.3 Å². The van der Waals surface area contributed by atoms with E-state index in [0.29, 0.717) is 21.5 Å². The van der Waals surface area contributed by atoms with Crippen molar-refractivity contribution in [2.45, 2.75) is 6.42 Å². The van der Waals surface area contributed by atoms with E-state index < -0.39 is 0 Å². The summed E-state index contributed by atoms with van der Waals surface area (Å²) in [6, 6.07) is 16.1. The van der Waals surface area contributed by atoms with Crippen molar-refractivity contribution in [3.8, 4) is 5.75 Å². The smallest absolute Gasteiger partial charge is 0.257 e. The standard InChI is InChI=1S/C19H17N5O3S/c1-27-15-9-7-14(8-10-15)18(26)21-19-24-23-17(28-19)11-16(25)22-20-12-13-5-3-2-4-6-13/h2-10,12H,11H2,1H3,(H,22,25)(H,21,24,26)/b20-12+. The van der Waals surface area contributed by atoms with E-state index in [4.69, 9.17) is 4.74 Å². The molecular weight excluding hydrogens is 378 g/mol. The van der Waals surface area contributed by atoms with Crippen LogP contribution in [-0.4, -0.2) is 35.3 Å². The molecule has 9 heteroatoms. The summed E-state index contributed by atoms with van der Waals surface area (Å²) in [4.78, 5) is 24.1. The number of ether oxygens (including phenoxy) is 1. The molecule has 0 saturated heterocycles. The molecule has 0 aliphatic heterocycles. The molecule has 0 unspecified atom stereocenters. The quantitative estimate of drug-likeness (QED) is 0.472. The molecule has 0 atom stereocenters. The average molecular weight is 395 g/mol. The van der Waals surface area contributed by atoms with Crippen LogP contribution in [-0.2, 0) is 11.2 Å². The van der Waals surface area contributed by atoms with Gasteiger partial charge in [0.2, 0.25) is 11.0 Å². The Morgan fingerprint density at radius 3 is 2.57 bits per heavy atom. The predicted molar refractivity (Wildman–Crippen MR) is 107 cm³/mol. The summed E-state index contributed by atoms with van der Waals surface area (Å²) >= 11 is 1.13. The minimum absolute atomic E-state index is 0.0161. The van der Waals surface area contributed by atoms with E-state index in [2.05, 4.69) is 26.0 Å². The Hall–Kier alpha value is -3.59. The van der Waals surface area contributed by atoms with E-state index >= 15 is 0 Å². The number of hydrazone groups is 1. The van der Waals surface area contributed by atoms with Gasteiger partial charge in [-0.25, -0.2) is 5.43 Å². The normalized spacial score (nSPS) is 10.6. The van der Waals surface area contributed by atoms with E-state index in [-0.39, 0.29) is 18.2 Å².